The van der Waals surface area contributed by atoms with Gasteiger partial charge in [0, 0.05) is 11.0 Å². The number of aryl methyl sites for hydroxylation is 1. The number of anilines is 1. The first kappa shape index (κ1) is 12.6. The molecule has 1 aromatic carbocycles. The number of carbonyl (C=O) groups is 1. The van der Waals surface area contributed by atoms with Crippen molar-refractivity contribution in [1.29, 1.82) is 0 Å². The molecule has 2 rings (SSSR count). The average molecular weight is 297 g/mol. The van der Waals surface area contributed by atoms with E-state index in [0.29, 0.717) is 0 Å². The highest BCUT2D eigenvalue weighted by Crippen LogP contribution is 2.24. The van der Waals surface area contributed by atoms with Crippen LogP contribution in [-0.2, 0) is 4.79 Å². The average Bonchev–Trinajstić information content (AvgIpc) is 2.35. The Bertz CT molecular complexity index is 414. The maximum absolute atomic E-state index is 12.1. The van der Waals surface area contributed by atoms with E-state index < -0.39 is 0 Å². The van der Waals surface area contributed by atoms with Crippen molar-refractivity contribution in [3.8, 4) is 0 Å². The summed E-state index contributed by atoms with van der Waals surface area (Å²) in [4.78, 5) is 12.1. The van der Waals surface area contributed by atoms with Crippen molar-refractivity contribution in [2.45, 2.75) is 19.8 Å². The molecule has 0 bridgehead atoms. The van der Waals surface area contributed by atoms with Crippen LogP contribution in [0.15, 0.2) is 22.7 Å². The summed E-state index contributed by atoms with van der Waals surface area (Å²) in [5.74, 6) is 0.208. The van der Waals surface area contributed by atoms with Gasteiger partial charge in [-0.3, -0.25) is 4.79 Å². The Morgan fingerprint density at radius 2 is 2.35 bits per heavy atom. The lowest BCUT2D eigenvalue weighted by Gasteiger charge is -2.22. The van der Waals surface area contributed by atoms with Crippen LogP contribution >= 0.6 is 15.9 Å². The molecule has 17 heavy (non-hydrogen) atoms. The largest absolute Gasteiger partial charge is 0.325 e. The van der Waals surface area contributed by atoms with E-state index in [-0.39, 0.29) is 11.8 Å². The second-order valence-electron chi connectivity index (χ2n) is 4.52. The smallest absolute Gasteiger partial charge is 0.228 e. The number of rotatable bonds is 2. The Morgan fingerprint density at radius 3 is 3.06 bits per heavy atom. The van der Waals surface area contributed by atoms with Gasteiger partial charge in [-0.05, 0) is 59.9 Å². The van der Waals surface area contributed by atoms with Gasteiger partial charge in [0.25, 0.3) is 0 Å². The number of piperidine rings is 1. The van der Waals surface area contributed by atoms with Gasteiger partial charge in [0.15, 0.2) is 0 Å². The molecule has 1 amide bonds. The summed E-state index contributed by atoms with van der Waals surface area (Å²) >= 11 is 3.45. The molecule has 1 heterocycles. The van der Waals surface area contributed by atoms with Crippen LogP contribution < -0.4 is 10.6 Å². The van der Waals surface area contributed by atoms with Crippen LogP contribution in [0.1, 0.15) is 18.4 Å². The Balaban J connectivity index is 2.04. The van der Waals surface area contributed by atoms with Crippen LogP contribution in [0.5, 0.6) is 0 Å². The molecule has 1 fully saturated rings. The molecule has 1 unspecified atom stereocenters. The minimum Gasteiger partial charge on any atom is -0.325 e. The van der Waals surface area contributed by atoms with Crippen molar-refractivity contribution in [3.05, 3.63) is 28.2 Å². The summed E-state index contributed by atoms with van der Waals surface area (Å²) < 4.78 is 0.931. The number of carbonyl (C=O) groups excluding carboxylic acids is 1. The lowest BCUT2D eigenvalue weighted by atomic mass is 9.99. The second kappa shape index (κ2) is 5.65. The summed E-state index contributed by atoms with van der Waals surface area (Å²) in [6.07, 6.45) is 2.05. The van der Waals surface area contributed by atoms with Gasteiger partial charge in [-0.25, -0.2) is 0 Å². The molecule has 0 spiro atoms. The van der Waals surface area contributed by atoms with E-state index in [0.717, 1.165) is 41.7 Å². The zero-order valence-electron chi connectivity index (χ0n) is 9.92. The van der Waals surface area contributed by atoms with Gasteiger partial charge < -0.3 is 10.6 Å². The Labute approximate surface area is 110 Å². The summed E-state index contributed by atoms with van der Waals surface area (Å²) in [6.45, 7) is 3.83. The third-order valence-corrected chi connectivity index (χ3v) is 3.74. The Kier molecular flexibility index (Phi) is 4.18. The highest BCUT2D eigenvalue weighted by atomic mass is 79.9. The number of hydrogen-bond donors (Lipinski definition) is 2. The third kappa shape index (κ3) is 3.30. The zero-order chi connectivity index (χ0) is 12.3. The Morgan fingerprint density at radius 1 is 1.53 bits per heavy atom. The van der Waals surface area contributed by atoms with Crippen LogP contribution in [0.4, 0.5) is 5.69 Å². The van der Waals surface area contributed by atoms with Gasteiger partial charge in [-0.15, -0.1) is 0 Å². The maximum atomic E-state index is 12.1. The Hall–Kier alpha value is -0.870. The quantitative estimate of drug-likeness (QED) is 0.881. The molecular formula is C13H17BrN2O. The molecule has 4 heteroatoms. The molecule has 0 aliphatic carbocycles. The van der Waals surface area contributed by atoms with E-state index in [4.69, 9.17) is 0 Å². The molecule has 0 aromatic heterocycles. The summed E-state index contributed by atoms with van der Waals surface area (Å²) in [7, 11) is 0. The molecule has 1 atom stereocenters. The SMILES string of the molecule is Cc1ccc(Br)c(NC(=O)C2CCCNC2)c1. The van der Waals surface area contributed by atoms with E-state index in [2.05, 4.69) is 26.6 Å². The van der Waals surface area contributed by atoms with Crippen molar-refractivity contribution in [2.75, 3.05) is 18.4 Å². The number of halogens is 1. The van der Waals surface area contributed by atoms with Gasteiger partial charge in [0.2, 0.25) is 5.91 Å². The number of hydrogen-bond acceptors (Lipinski definition) is 2. The number of nitrogens with one attached hydrogen (secondary N) is 2. The lowest BCUT2D eigenvalue weighted by Crippen LogP contribution is -2.37. The van der Waals surface area contributed by atoms with Crippen LogP contribution in [0.2, 0.25) is 0 Å². The molecule has 3 nitrogen and oxygen atoms in total. The van der Waals surface area contributed by atoms with Crippen LogP contribution in [-0.4, -0.2) is 19.0 Å². The highest BCUT2D eigenvalue weighted by Gasteiger charge is 2.21. The predicted molar refractivity (Wildman–Crippen MR) is 73.1 cm³/mol. The molecule has 0 radical (unpaired) electrons. The van der Waals surface area contributed by atoms with E-state index in [1.54, 1.807) is 0 Å². The fraction of sp³-hybridized carbons (Fsp3) is 0.462. The number of benzene rings is 1. The van der Waals surface area contributed by atoms with E-state index in [9.17, 15) is 4.79 Å². The molecule has 1 aliphatic rings. The van der Waals surface area contributed by atoms with E-state index in [1.807, 2.05) is 25.1 Å². The van der Waals surface area contributed by atoms with Gasteiger partial charge in [0.1, 0.15) is 0 Å². The van der Waals surface area contributed by atoms with Crippen molar-refractivity contribution in [3.63, 3.8) is 0 Å². The topological polar surface area (TPSA) is 41.1 Å². The molecule has 1 aliphatic heterocycles. The van der Waals surface area contributed by atoms with Gasteiger partial charge in [0.05, 0.1) is 11.6 Å². The second-order valence-corrected chi connectivity index (χ2v) is 5.37. The summed E-state index contributed by atoms with van der Waals surface area (Å²) in [5, 5.41) is 6.25. The first-order valence-electron chi connectivity index (χ1n) is 5.94. The van der Waals surface area contributed by atoms with Crippen molar-refractivity contribution >= 4 is 27.5 Å². The standard InChI is InChI=1S/C13H17BrN2O/c1-9-4-5-11(14)12(7-9)16-13(17)10-3-2-6-15-8-10/h4-5,7,10,15H,2-3,6,8H2,1H3,(H,16,17). The van der Waals surface area contributed by atoms with Crippen LogP contribution in [0.25, 0.3) is 0 Å². The summed E-state index contributed by atoms with van der Waals surface area (Å²) in [6, 6.07) is 5.96. The fourth-order valence-electron chi connectivity index (χ4n) is 2.05. The normalized spacial score (nSPS) is 20.0. The summed E-state index contributed by atoms with van der Waals surface area (Å²) in [5.41, 5.74) is 2.01. The van der Waals surface area contributed by atoms with Gasteiger partial charge >= 0.3 is 0 Å². The zero-order valence-corrected chi connectivity index (χ0v) is 11.5. The van der Waals surface area contributed by atoms with Crippen molar-refractivity contribution < 1.29 is 4.79 Å². The molecule has 0 saturated carbocycles. The third-order valence-electron chi connectivity index (χ3n) is 3.05. The molecular weight excluding hydrogens is 280 g/mol. The lowest BCUT2D eigenvalue weighted by molar-refractivity contribution is -0.120. The predicted octanol–water partition coefficient (Wildman–Crippen LogP) is 2.70. The van der Waals surface area contributed by atoms with Crippen LogP contribution in [0.3, 0.4) is 0 Å². The maximum Gasteiger partial charge on any atom is 0.228 e. The molecule has 1 saturated heterocycles. The minimum atomic E-state index is 0.0937. The van der Waals surface area contributed by atoms with Gasteiger partial charge in [-0.2, -0.15) is 0 Å². The van der Waals surface area contributed by atoms with Gasteiger partial charge in [-0.1, -0.05) is 6.07 Å². The first-order valence-corrected chi connectivity index (χ1v) is 6.74. The molecule has 92 valence electrons. The van der Waals surface area contributed by atoms with E-state index in [1.165, 1.54) is 0 Å². The number of amides is 1. The first-order chi connectivity index (χ1) is 8.16. The van der Waals surface area contributed by atoms with Crippen molar-refractivity contribution in [2.24, 2.45) is 5.92 Å². The van der Waals surface area contributed by atoms with E-state index >= 15 is 0 Å². The minimum absolute atomic E-state index is 0.0937. The highest BCUT2D eigenvalue weighted by molar-refractivity contribution is 9.10. The van der Waals surface area contributed by atoms with Crippen LogP contribution in [0, 0.1) is 12.8 Å². The van der Waals surface area contributed by atoms with Crippen molar-refractivity contribution in [1.82, 2.24) is 5.32 Å². The molecule has 2 N–H and O–H groups in total. The molecule has 1 aromatic rings. The fourth-order valence-corrected chi connectivity index (χ4v) is 2.39. The monoisotopic (exact) mass is 296 g/mol.